The first-order valence-electron chi connectivity index (χ1n) is 7.26. The van der Waals surface area contributed by atoms with Gasteiger partial charge >= 0.3 is 0 Å². The van der Waals surface area contributed by atoms with E-state index in [0.717, 1.165) is 37.2 Å². The first kappa shape index (κ1) is 13.6. The van der Waals surface area contributed by atoms with Crippen LogP contribution in [0.25, 0.3) is 11.4 Å². The summed E-state index contributed by atoms with van der Waals surface area (Å²) in [6.07, 6.45) is 2.33. The SMILES string of the molecule is CCOc1ccccc1-c1nc(N)nc(N2CCCC2)n1. The monoisotopic (exact) mass is 285 g/mol. The highest BCUT2D eigenvalue weighted by atomic mass is 16.5. The molecule has 21 heavy (non-hydrogen) atoms. The molecule has 6 nitrogen and oxygen atoms in total. The molecule has 1 aliphatic heterocycles. The Morgan fingerprint density at radius 2 is 1.90 bits per heavy atom. The number of para-hydroxylation sites is 1. The van der Waals surface area contributed by atoms with Crippen LogP contribution in [0.1, 0.15) is 19.8 Å². The third kappa shape index (κ3) is 2.89. The van der Waals surface area contributed by atoms with E-state index in [1.165, 1.54) is 0 Å². The molecule has 6 heteroatoms. The number of nitrogens with zero attached hydrogens (tertiary/aromatic N) is 4. The molecule has 0 radical (unpaired) electrons. The fourth-order valence-corrected chi connectivity index (χ4v) is 2.49. The Labute approximate surface area is 124 Å². The van der Waals surface area contributed by atoms with Gasteiger partial charge in [-0.2, -0.15) is 15.0 Å². The number of nitrogens with two attached hydrogens (primary N) is 1. The number of benzene rings is 1. The van der Waals surface area contributed by atoms with Crippen LogP contribution >= 0.6 is 0 Å². The van der Waals surface area contributed by atoms with Crippen molar-refractivity contribution in [3.8, 4) is 17.1 Å². The van der Waals surface area contributed by atoms with Gasteiger partial charge in [0.15, 0.2) is 5.82 Å². The van der Waals surface area contributed by atoms with Crippen molar-refractivity contribution in [2.75, 3.05) is 30.3 Å². The Morgan fingerprint density at radius 1 is 1.14 bits per heavy atom. The van der Waals surface area contributed by atoms with Gasteiger partial charge in [0, 0.05) is 13.1 Å². The molecular weight excluding hydrogens is 266 g/mol. The van der Waals surface area contributed by atoms with Crippen LogP contribution in [0.2, 0.25) is 0 Å². The second-order valence-corrected chi connectivity index (χ2v) is 4.94. The van der Waals surface area contributed by atoms with Crippen LogP contribution in [-0.2, 0) is 0 Å². The Hall–Kier alpha value is -2.37. The van der Waals surface area contributed by atoms with Crippen LogP contribution in [0.15, 0.2) is 24.3 Å². The molecule has 0 bridgehead atoms. The summed E-state index contributed by atoms with van der Waals surface area (Å²) in [6, 6.07) is 7.72. The number of aromatic nitrogens is 3. The number of rotatable bonds is 4. The normalized spacial score (nSPS) is 14.4. The van der Waals surface area contributed by atoms with Crippen molar-refractivity contribution >= 4 is 11.9 Å². The third-order valence-electron chi connectivity index (χ3n) is 3.46. The van der Waals surface area contributed by atoms with Crippen LogP contribution in [0.4, 0.5) is 11.9 Å². The van der Waals surface area contributed by atoms with Crippen molar-refractivity contribution in [1.82, 2.24) is 15.0 Å². The van der Waals surface area contributed by atoms with Crippen molar-refractivity contribution in [1.29, 1.82) is 0 Å². The molecule has 0 atom stereocenters. The quantitative estimate of drug-likeness (QED) is 0.927. The van der Waals surface area contributed by atoms with Gasteiger partial charge in [0.05, 0.1) is 12.2 Å². The Balaban J connectivity index is 2.02. The van der Waals surface area contributed by atoms with E-state index in [4.69, 9.17) is 10.5 Å². The molecule has 1 saturated heterocycles. The third-order valence-corrected chi connectivity index (χ3v) is 3.46. The smallest absolute Gasteiger partial charge is 0.230 e. The summed E-state index contributed by atoms with van der Waals surface area (Å²) in [6.45, 7) is 4.48. The summed E-state index contributed by atoms with van der Waals surface area (Å²) in [5, 5.41) is 0. The largest absolute Gasteiger partial charge is 0.493 e. The van der Waals surface area contributed by atoms with E-state index in [-0.39, 0.29) is 5.95 Å². The van der Waals surface area contributed by atoms with E-state index in [2.05, 4.69) is 19.9 Å². The Kier molecular flexibility index (Phi) is 3.85. The fraction of sp³-hybridized carbons (Fsp3) is 0.400. The molecule has 1 aliphatic rings. The number of hydrogen-bond donors (Lipinski definition) is 1. The Morgan fingerprint density at radius 3 is 2.67 bits per heavy atom. The minimum Gasteiger partial charge on any atom is -0.493 e. The molecule has 0 amide bonds. The molecule has 1 fully saturated rings. The fourth-order valence-electron chi connectivity index (χ4n) is 2.49. The van der Waals surface area contributed by atoms with Gasteiger partial charge in [0.2, 0.25) is 11.9 Å². The maximum atomic E-state index is 5.86. The lowest BCUT2D eigenvalue weighted by molar-refractivity contribution is 0.341. The molecule has 110 valence electrons. The lowest BCUT2D eigenvalue weighted by Gasteiger charge is -2.16. The first-order valence-corrected chi connectivity index (χ1v) is 7.26. The highest BCUT2D eigenvalue weighted by Gasteiger charge is 2.18. The molecule has 1 aromatic heterocycles. The first-order chi connectivity index (χ1) is 10.3. The zero-order chi connectivity index (χ0) is 14.7. The molecule has 0 saturated carbocycles. The molecular formula is C15H19N5O. The summed E-state index contributed by atoms with van der Waals surface area (Å²) in [5.74, 6) is 2.22. The standard InChI is InChI=1S/C15H19N5O/c1-2-21-12-8-4-3-7-11(12)13-17-14(16)19-15(18-13)20-9-5-6-10-20/h3-4,7-8H,2,5-6,9-10H2,1H3,(H2,16,17,18,19). The molecule has 3 rings (SSSR count). The van der Waals surface area contributed by atoms with Gasteiger partial charge in [0.25, 0.3) is 0 Å². The zero-order valence-electron chi connectivity index (χ0n) is 12.1. The molecule has 2 N–H and O–H groups in total. The topological polar surface area (TPSA) is 77.2 Å². The summed E-state index contributed by atoms with van der Waals surface area (Å²) >= 11 is 0. The van der Waals surface area contributed by atoms with Crippen molar-refractivity contribution in [3.05, 3.63) is 24.3 Å². The number of ether oxygens (including phenoxy) is 1. The number of nitrogen functional groups attached to an aromatic ring is 1. The predicted molar refractivity (Wildman–Crippen MR) is 82.3 cm³/mol. The second-order valence-electron chi connectivity index (χ2n) is 4.94. The van der Waals surface area contributed by atoms with Gasteiger partial charge in [-0.15, -0.1) is 0 Å². The van der Waals surface area contributed by atoms with E-state index in [1.807, 2.05) is 31.2 Å². The highest BCUT2D eigenvalue weighted by molar-refractivity contribution is 5.65. The van der Waals surface area contributed by atoms with Gasteiger partial charge in [-0.05, 0) is 31.9 Å². The van der Waals surface area contributed by atoms with E-state index in [9.17, 15) is 0 Å². The molecule has 2 heterocycles. The van der Waals surface area contributed by atoms with Gasteiger partial charge in [-0.3, -0.25) is 0 Å². The predicted octanol–water partition coefficient (Wildman–Crippen LogP) is 2.12. The molecule has 2 aromatic rings. The van der Waals surface area contributed by atoms with Crippen LogP contribution in [0.5, 0.6) is 5.75 Å². The Bertz CT molecular complexity index is 625. The van der Waals surface area contributed by atoms with Gasteiger partial charge in [0.1, 0.15) is 5.75 Å². The maximum Gasteiger partial charge on any atom is 0.230 e. The van der Waals surface area contributed by atoms with Crippen LogP contribution in [0.3, 0.4) is 0 Å². The molecule has 0 aliphatic carbocycles. The minimum absolute atomic E-state index is 0.244. The highest BCUT2D eigenvalue weighted by Crippen LogP contribution is 2.29. The maximum absolute atomic E-state index is 5.86. The summed E-state index contributed by atoms with van der Waals surface area (Å²) in [4.78, 5) is 15.2. The summed E-state index contributed by atoms with van der Waals surface area (Å²) < 4.78 is 5.64. The van der Waals surface area contributed by atoms with E-state index < -0.39 is 0 Å². The summed E-state index contributed by atoms with van der Waals surface area (Å²) in [5.41, 5.74) is 6.70. The lowest BCUT2D eigenvalue weighted by atomic mass is 10.2. The van der Waals surface area contributed by atoms with Crippen molar-refractivity contribution in [3.63, 3.8) is 0 Å². The van der Waals surface area contributed by atoms with Crippen molar-refractivity contribution in [2.45, 2.75) is 19.8 Å². The van der Waals surface area contributed by atoms with Gasteiger partial charge in [-0.1, -0.05) is 12.1 Å². The van der Waals surface area contributed by atoms with Crippen molar-refractivity contribution in [2.24, 2.45) is 0 Å². The van der Waals surface area contributed by atoms with E-state index in [1.54, 1.807) is 0 Å². The number of hydrogen-bond acceptors (Lipinski definition) is 6. The van der Waals surface area contributed by atoms with Gasteiger partial charge < -0.3 is 15.4 Å². The zero-order valence-corrected chi connectivity index (χ0v) is 12.1. The number of anilines is 2. The van der Waals surface area contributed by atoms with E-state index >= 15 is 0 Å². The lowest BCUT2D eigenvalue weighted by Crippen LogP contribution is -2.21. The van der Waals surface area contributed by atoms with E-state index in [0.29, 0.717) is 18.4 Å². The van der Waals surface area contributed by atoms with Crippen LogP contribution in [-0.4, -0.2) is 34.6 Å². The molecule has 1 aromatic carbocycles. The minimum atomic E-state index is 0.244. The molecule has 0 unspecified atom stereocenters. The summed E-state index contributed by atoms with van der Waals surface area (Å²) in [7, 11) is 0. The van der Waals surface area contributed by atoms with Crippen LogP contribution in [0, 0.1) is 0 Å². The van der Waals surface area contributed by atoms with Crippen LogP contribution < -0.4 is 15.4 Å². The molecule has 0 spiro atoms. The second kappa shape index (κ2) is 5.95. The van der Waals surface area contributed by atoms with Crippen molar-refractivity contribution < 1.29 is 4.74 Å². The average molecular weight is 285 g/mol. The average Bonchev–Trinajstić information content (AvgIpc) is 3.02. The van der Waals surface area contributed by atoms with Gasteiger partial charge in [-0.25, -0.2) is 0 Å².